The molecule has 3 fully saturated rings. The van der Waals surface area contributed by atoms with E-state index in [2.05, 4.69) is 37.5 Å². The minimum Gasteiger partial charge on any atom is -0.372 e. The summed E-state index contributed by atoms with van der Waals surface area (Å²) in [6.45, 7) is 13.9. The van der Waals surface area contributed by atoms with E-state index in [1.54, 1.807) is 0 Å². The first-order valence-electron chi connectivity index (χ1n) is 9.56. The smallest absolute Gasteiger partial charge is 0.226 e. The first kappa shape index (κ1) is 17.2. The number of morpholine rings is 1. The van der Waals surface area contributed by atoms with Crippen LogP contribution in [0.4, 0.5) is 0 Å². The zero-order valence-corrected chi connectivity index (χ0v) is 15.4. The monoisotopic (exact) mass is 322 g/mol. The lowest BCUT2D eigenvalue weighted by Gasteiger charge is -2.37. The molecule has 0 aromatic rings. The van der Waals surface area contributed by atoms with Crippen LogP contribution in [-0.2, 0) is 9.53 Å². The van der Waals surface area contributed by atoms with Crippen molar-refractivity contribution in [1.29, 1.82) is 0 Å². The standard InChI is InChI=1S/C19H34N2O2/c1-14(2)5-8-20-9-6-19(7-10-20)11-17(19)18(22)21-12-15(3)23-16(4)13-21/h14-17H,5-13H2,1-4H3/t15-,16+,17?. The molecule has 0 N–H and O–H groups in total. The highest BCUT2D eigenvalue weighted by Gasteiger charge is 2.59. The molecule has 23 heavy (non-hydrogen) atoms. The van der Waals surface area contributed by atoms with Crippen LogP contribution >= 0.6 is 0 Å². The summed E-state index contributed by atoms with van der Waals surface area (Å²) in [6, 6.07) is 0. The zero-order chi connectivity index (χ0) is 16.6. The third-order valence-electron chi connectivity index (χ3n) is 6.09. The van der Waals surface area contributed by atoms with E-state index in [-0.39, 0.29) is 12.2 Å². The van der Waals surface area contributed by atoms with Gasteiger partial charge in [-0.3, -0.25) is 4.79 Å². The van der Waals surface area contributed by atoms with E-state index >= 15 is 0 Å². The molecule has 0 bridgehead atoms. The molecular weight excluding hydrogens is 288 g/mol. The Kier molecular flexibility index (Phi) is 5.03. The van der Waals surface area contributed by atoms with Crippen molar-refractivity contribution in [2.45, 2.75) is 65.6 Å². The van der Waals surface area contributed by atoms with Gasteiger partial charge in [0.05, 0.1) is 12.2 Å². The maximum absolute atomic E-state index is 12.9. The summed E-state index contributed by atoms with van der Waals surface area (Å²) >= 11 is 0. The minimum absolute atomic E-state index is 0.176. The summed E-state index contributed by atoms with van der Waals surface area (Å²) in [5.41, 5.74) is 0.343. The van der Waals surface area contributed by atoms with Gasteiger partial charge in [-0.25, -0.2) is 0 Å². The number of amides is 1. The van der Waals surface area contributed by atoms with Crippen LogP contribution in [0.25, 0.3) is 0 Å². The molecule has 0 radical (unpaired) electrons. The number of carbonyl (C=O) groups excluding carboxylic acids is 1. The lowest BCUT2D eigenvalue weighted by molar-refractivity contribution is -0.145. The summed E-state index contributed by atoms with van der Waals surface area (Å²) in [7, 11) is 0. The van der Waals surface area contributed by atoms with Gasteiger partial charge in [-0.05, 0) is 70.5 Å². The molecule has 3 aliphatic rings. The molecular formula is C19H34N2O2. The van der Waals surface area contributed by atoms with E-state index in [1.807, 2.05) is 0 Å². The average molecular weight is 322 g/mol. The first-order valence-corrected chi connectivity index (χ1v) is 9.56. The topological polar surface area (TPSA) is 32.8 Å². The van der Waals surface area contributed by atoms with E-state index in [1.165, 1.54) is 38.9 Å². The number of carbonyl (C=O) groups is 1. The van der Waals surface area contributed by atoms with Crippen LogP contribution < -0.4 is 0 Å². The van der Waals surface area contributed by atoms with Crippen molar-refractivity contribution in [2.24, 2.45) is 17.3 Å². The summed E-state index contributed by atoms with van der Waals surface area (Å²) in [5.74, 6) is 1.49. The van der Waals surface area contributed by atoms with E-state index in [9.17, 15) is 4.79 Å². The molecule has 1 amide bonds. The predicted molar refractivity (Wildman–Crippen MR) is 92.3 cm³/mol. The molecule has 3 rings (SSSR count). The first-order chi connectivity index (χ1) is 10.9. The maximum atomic E-state index is 12.9. The van der Waals surface area contributed by atoms with Gasteiger partial charge in [-0.15, -0.1) is 0 Å². The van der Waals surface area contributed by atoms with Gasteiger partial charge >= 0.3 is 0 Å². The van der Waals surface area contributed by atoms with Crippen LogP contribution in [-0.4, -0.2) is 60.6 Å². The SMILES string of the molecule is CC(C)CCN1CCC2(CC1)CC2C(=O)N1C[C@@H](C)O[C@@H](C)C1. The number of ether oxygens (including phenoxy) is 1. The third kappa shape index (κ3) is 3.90. The Labute approximate surface area is 141 Å². The Morgan fingerprint density at radius 1 is 1.17 bits per heavy atom. The fourth-order valence-corrected chi connectivity index (χ4v) is 4.49. The number of piperidine rings is 1. The molecule has 2 aliphatic heterocycles. The Morgan fingerprint density at radius 3 is 2.35 bits per heavy atom. The van der Waals surface area contributed by atoms with Crippen molar-refractivity contribution in [3.8, 4) is 0 Å². The number of hydrogen-bond acceptors (Lipinski definition) is 3. The molecule has 4 nitrogen and oxygen atoms in total. The highest BCUT2D eigenvalue weighted by molar-refractivity contribution is 5.83. The normalized spacial score (nSPS) is 34.1. The van der Waals surface area contributed by atoms with Gasteiger partial charge in [0.25, 0.3) is 0 Å². The molecule has 2 heterocycles. The molecule has 2 saturated heterocycles. The Morgan fingerprint density at radius 2 is 1.78 bits per heavy atom. The largest absolute Gasteiger partial charge is 0.372 e. The highest BCUT2D eigenvalue weighted by atomic mass is 16.5. The highest BCUT2D eigenvalue weighted by Crippen LogP contribution is 2.60. The molecule has 4 heteroatoms. The van der Waals surface area contributed by atoms with Gasteiger partial charge in [-0.1, -0.05) is 13.8 Å². The molecule has 1 unspecified atom stereocenters. The van der Waals surface area contributed by atoms with Gasteiger partial charge in [-0.2, -0.15) is 0 Å². The van der Waals surface area contributed by atoms with Crippen molar-refractivity contribution >= 4 is 5.91 Å². The van der Waals surface area contributed by atoms with Gasteiger partial charge < -0.3 is 14.5 Å². The second kappa shape index (κ2) is 6.72. The molecule has 1 saturated carbocycles. The van der Waals surface area contributed by atoms with Crippen LogP contribution in [0, 0.1) is 17.3 Å². The Bertz CT molecular complexity index is 419. The molecule has 132 valence electrons. The van der Waals surface area contributed by atoms with Crippen molar-refractivity contribution in [3.05, 3.63) is 0 Å². The van der Waals surface area contributed by atoms with Crippen molar-refractivity contribution in [3.63, 3.8) is 0 Å². The van der Waals surface area contributed by atoms with E-state index < -0.39 is 0 Å². The summed E-state index contributed by atoms with van der Waals surface area (Å²) < 4.78 is 5.76. The lowest BCUT2D eigenvalue weighted by atomic mass is 9.90. The van der Waals surface area contributed by atoms with Crippen LogP contribution in [0.2, 0.25) is 0 Å². The average Bonchev–Trinajstić information content (AvgIpc) is 3.18. The number of rotatable bonds is 4. The van der Waals surface area contributed by atoms with E-state index in [0.29, 0.717) is 17.2 Å². The van der Waals surface area contributed by atoms with Gasteiger partial charge in [0.2, 0.25) is 5.91 Å². The van der Waals surface area contributed by atoms with Gasteiger partial charge in [0.15, 0.2) is 0 Å². The summed E-state index contributed by atoms with van der Waals surface area (Å²) in [4.78, 5) is 17.6. The third-order valence-corrected chi connectivity index (χ3v) is 6.09. The van der Waals surface area contributed by atoms with Crippen LogP contribution in [0.15, 0.2) is 0 Å². The summed E-state index contributed by atoms with van der Waals surface area (Å²) in [6.07, 6.45) is 5.21. The predicted octanol–water partition coefficient (Wildman–Crippen LogP) is 2.77. The molecule has 1 aliphatic carbocycles. The minimum atomic E-state index is 0.176. The van der Waals surface area contributed by atoms with Crippen molar-refractivity contribution < 1.29 is 9.53 Å². The maximum Gasteiger partial charge on any atom is 0.226 e. The van der Waals surface area contributed by atoms with Crippen LogP contribution in [0.3, 0.4) is 0 Å². The van der Waals surface area contributed by atoms with Crippen LogP contribution in [0.5, 0.6) is 0 Å². The van der Waals surface area contributed by atoms with Crippen LogP contribution in [0.1, 0.15) is 53.4 Å². The Hall–Kier alpha value is -0.610. The zero-order valence-electron chi connectivity index (χ0n) is 15.4. The van der Waals surface area contributed by atoms with E-state index in [0.717, 1.165) is 25.4 Å². The quantitative estimate of drug-likeness (QED) is 0.798. The molecule has 0 aromatic carbocycles. The lowest BCUT2D eigenvalue weighted by Crippen LogP contribution is -2.49. The molecule has 3 atom stereocenters. The van der Waals surface area contributed by atoms with Crippen molar-refractivity contribution in [1.82, 2.24) is 9.80 Å². The molecule has 1 spiro atoms. The summed E-state index contributed by atoms with van der Waals surface area (Å²) in [5, 5.41) is 0. The van der Waals surface area contributed by atoms with Gasteiger partial charge in [0.1, 0.15) is 0 Å². The number of nitrogens with zero attached hydrogens (tertiary/aromatic N) is 2. The second-order valence-electron chi connectivity index (χ2n) is 8.64. The fraction of sp³-hybridized carbons (Fsp3) is 0.947. The second-order valence-corrected chi connectivity index (χ2v) is 8.64. The number of likely N-dealkylation sites (tertiary alicyclic amines) is 1. The van der Waals surface area contributed by atoms with Crippen molar-refractivity contribution in [2.75, 3.05) is 32.7 Å². The Balaban J connectivity index is 1.48. The number of hydrogen-bond donors (Lipinski definition) is 0. The molecule has 0 aromatic heterocycles. The van der Waals surface area contributed by atoms with E-state index in [4.69, 9.17) is 4.74 Å². The fourth-order valence-electron chi connectivity index (χ4n) is 4.49. The van der Waals surface area contributed by atoms with Gasteiger partial charge in [0, 0.05) is 19.0 Å².